The van der Waals surface area contributed by atoms with E-state index in [1.807, 2.05) is 6.92 Å². The van der Waals surface area contributed by atoms with Crippen molar-refractivity contribution in [1.29, 1.82) is 0 Å². The van der Waals surface area contributed by atoms with E-state index in [0.717, 1.165) is 0 Å². The van der Waals surface area contributed by atoms with Crippen LogP contribution in [0, 0.1) is 0 Å². The number of hydrogen-bond donors (Lipinski definition) is 2. The Bertz CT molecular complexity index is 290. The maximum Gasteiger partial charge on any atom is 0.328 e. The van der Waals surface area contributed by atoms with E-state index in [1.54, 1.807) is 6.92 Å². The summed E-state index contributed by atoms with van der Waals surface area (Å²) in [7, 11) is 0. The van der Waals surface area contributed by atoms with Crippen LogP contribution in [-0.4, -0.2) is 35.1 Å². The number of ether oxygens (including phenoxy) is 1. The molecule has 0 aliphatic rings. The minimum Gasteiger partial charge on any atom is -0.481 e. The van der Waals surface area contributed by atoms with Gasteiger partial charge in [-0.15, -0.1) is 0 Å². The van der Waals surface area contributed by atoms with Crippen LogP contribution in [0.2, 0.25) is 0 Å². The zero-order chi connectivity index (χ0) is 13.4. The third kappa shape index (κ3) is 7.32. The molecule has 17 heavy (non-hydrogen) atoms. The zero-order valence-electron chi connectivity index (χ0n) is 10.4. The van der Waals surface area contributed by atoms with Crippen LogP contribution in [0.25, 0.3) is 0 Å². The lowest BCUT2D eigenvalue weighted by molar-refractivity contribution is -0.152. The van der Waals surface area contributed by atoms with E-state index < -0.39 is 18.0 Å². The van der Waals surface area contributed by atoms with Crippen molar-refractivity contribution in [2.75, 3.05) is 0 Å². The van der Waals surface area contributed by atoms with Crippen LogP contribution >= 0.6 is 0 Å². The van der Waals surface area contributed by atoms with Gasteiger partial charge in [0, 0.05) is 13.3 Å². The minimum atomic E-state index is -1.02. The Kier molecular flexibility index (Phi) is 6.93. The summed E-state index contributed by atoms with van der Waals surface area (Å²) in [6.07, 6.45) is 0.255. The highest BCUT2D eigenvalue weighted by Gasteiger charge is 2.23. The zero-order valence-corrected chi connectivity index (χ0v) is 10.4. The van der Waals surface area contributed by atoms with Gasteiger partial charge in [-0.3, -0.25) is 9.59 Å². The molecule has 6 nitrogen and oxygen atoms in total. The SMILES string of the molecule is CCC(C)OC(=O)C(CCC(=O)O)NC(C)=O. The highest BCUT2D eigenvalue weighted by Crippen LogP contribution is 2.04. The Morgan fingerprint density at radius 2 is 1.94 bits per heavy atom. The van der Waals surface area contributed by atoms with Crippen molar-refractivity contribution in [3.8, 4) is 0 Å². The second-order valence-electron chi connectivity index (χ2n) is 3.84. The molecule has 0 saturated carbocycles. The number of carboxylic acid groups (broad SMARTS) is 1. The lowest BCUT2D eigenvalue weighted by Gasteiger charge is -2.18. The number of carbonyl (C=O) groups excluding carboxylic acids is 2. The molecule has 2 N–H and O–H groups in total. The number of carbonyl (C=O) groups is 3. The normalized spacial score (nSPS) is 13.6. The molecule has 98 valence electrons. The summed E-state index contributed by atoms with van der Waals surface area (Å²) in [4.78, 5) is 32.9. The number of nitrogens with one attached hydrogen (secondary N) is 1. The lowest BCUT2D eigenvalue weighted by atomic mass is 10.1. The van der Waals surface area contributed by atoms with Gasteiger partial charge in [0.05, 0.1) is 6.10 Å². The third-order valence-corrected chi connectivity index (χ3v) is 2.20. The highest BCUT2D eigenvalue weighted by atomic mass is 16.5. The van der Waals surface area contributed by atoms with E-state index in [1.165, 1.54) is 6.92 Å². The van der Waals surface area contributed by atoms with E-state index in [-0.39, 0.29) is 24.9 Å². The van der Waals surface area contributed by atoms with Crippen LogP contribution in [0.15, 0.2) is 0 Å². The smallest absolute Gasteiger partial charge is 0.328 e. The predicted molar refractivity (Wildman–Crippen MR) is 60.3 cm³/mol. The quantitative estimate of drug-likeness (QED) is 0.644. The largest absolute Gasteiger partial charge is 0.481 e. The summed E-state index contributed by atoms with van der Waals surface area (Å²) in [5, 5.41) is 10.9. The summed E-state index contributed by atoms with van der Waals surface area (Å²) < 4.78 is 5.05. The topological polar surface area (TPSA) is 92.7 Å². The Labute approximate surface area is 100 Å². The molecule has 6 heteroatoms. The number of rotatable bonds is 7. The first-order chi connectivity index (χ1) is 7.86. The second kappa shape index (κ2) is 7.65. The molecule has 2 unspecified atom stereocenters. The molecule has 0 aromatic rings. The van der Waals surface area contributed by atoms with E-state index in [0.29, 0.717) is 6.42 Å². The van der Waals surface area contributed by atoms with Gasteiger partial charge in [-0.2, -0.15) is 0 Å². The fraction of sp³-hybridized carbons (Fsp3) is 0.727. The van der Waals surface area contributed by atoms with Gasteiger partial charge >= 0.3 is 11.9 Å². The molecule has 0 aromatic carbocycles. The monoisotopic (exact) mass is 245 g/mol. The first-order valence-corrected chi connectivity index (χ1v) is 5.56. The van der Waals surface area contributed by atoms with Crippen molar-refractivity contribution >= 4 is 17.8 Å². The number of amides is 1. The fourth-order valence-electron chi connectivity index (χ4n) is 1.13. The van der Waals surface area contributed by atoms with E-state index >= 15 is 0 Å². The Balaban J connectivity index is 4.38. The first-order valence-electron chi connectivity index (χ1n) is 5.56. The molecule has 0 rings (SSSR count). The molecule has 1 amide bonds. The van der Waals surface area contributed by atoms with Gasteiger partial charge in [-0.25, -0.2) is 4.79 Å². The predicted octanol–water partition coefficient (Wildman–Crippen LogP) is 0.698. The summed E-state index contributed by atoms with van der Waals surface area (Å²) in [6, 6.07) is -0.891. The molecular formula is C11H19NO5. The standard InChI is InChI=1S/C11H19NO5/c1-4-7(2)17-11(16)9(12-8(3)13)5-6-10(14)15/h7,9H,4-6H2,1-3H3,(H,12,13)(H,14,15). The molecule has 0 spiro atoms. The molecule has 0 fully saturated rings. The molecular weight excluding hydrogens is 226 g/mol. The van der Waals surface area contributed by atoms with Crippen LogP contribution in [-0.2, 0) is 19.1 Å². The van der Waals surface area contributed by atoms with Gasteiger partial charge in [0.2, 0.25) is 5.91 Å². The summed E-state index contributed by atoms with van der Waals surface area (Å²) in [5.74, 6) is -1.99. The maximum atomic E-state index is 11.6. The van der Waals surface area contributed by atoms with Gasteiger partial charge in [0.25, 0.3) is 0 Å². The molecule has 0 aromatic heterocycles. The molecule has 0 aliphatic carbocycles. The third-order valence-electron chi connectivity index (χ3n) is 2.20. The van der Waals surface area contributed by atoms with E-state index in [9.17, 15) is 14.4 Å². The average Bonchev–Trinajstić information content (AvgIpc) is 2.22. The van der Waals surface area contributed by atoms with Crippen LogP contribution < -0.4 is 5.32 Å². The first kappa shape index (κ1) is 15.4. The van der Waals surface area contributed by atoms with Crippen molar-refractivity contribution in [3.05, 3.63) is 0 Å². The summed E-state index contributed by atoms with van der Waals surface area (Å²) in [6.45, 7) is 4.87. The summed E-state index contributed by atoms with van der Waals surface area (Å²) >= 11 is 0. The van der Waals surface area contributed by atoms with Gasteiger partial charge in [-0.1, -0.05) is 6.92 Å². The van der Waals surface area contributed by atoms with Crippen LogP contribution in [0.4, 0.5) is 0 Å². The van der Waals surface area contributed by atoms with Crippen LogP contribution in [0.3, 0.4) is 0 Å². The number of aliphatic carboxylic acids is 1. The lowest BCUT2D eigenvalue weighted by Crippen LogP contribution is -2.42. The Morgan fingerprint density at radius 1 is 1.35 bits per heavy atom. The molecule has 0 saturated heterocycles. The van der Waals surface area contributed by atoms with Crippen LogP contribution in [0.5, 0.6) is 0 Å². The average molecular weight is 245 g/mol. The summed E-state index contributed by atoms with van der Waals surface area (Å²) in [5.41, 5.74) is 0. The number of esters is 1. The molecule has 0 aliphatic heterocycles. The Hall–Kier alpha value is -1.59. The van der Waals surface area contributed by atoms with Crippen molar-refractivity contribution in [2.45, 2.75) is 52.2 Å². The van der Waals surface area contributed by atoms with Gasteiger partial charge in [-0.05, 0) is 19.8 Å². The number of carboxylic acids is 1. The van der Waals surface area contributed by atoms with Crippen molar-refractivity contribution < 1.29 is 24.2 Å². The number of hydrogen-bond acceptors (Lipinski definition) is 4. The molecule has 0 bridgehead atoms. The molecule has 0 heterocycles. The van der Waals surface area contributed by atoms with Crippen molar-refractivity contribution in [2.24, 2.45) is 0 Å². The van der Waals surface area contributed by atoms with E-state index in [2.05, 4.69) is 5.32 Å². The van der Waals surface area contributed by atoms with Crippen molar-refractivity contribution in [3.63, 3.8) is 0 Å². The van der Waals surface area contributed by atoms with Crippen molar-refractivity contribution in [1.82, 2.24) is 5.32 Å². The minimum absolute atomic E-state index is 0.0319. The highest BCUT2D eigenvalue weighted by molar-refractivity contribution is 5.83. The fourth-order valence-corrected chi connectivity index (χ4v) is 1.13. The maximum absolute atomic E-state index is 11.6. The Morgan fingerprint density at radius 3 is 2.35 bits per heavy atom. The molecule has 2 atom stereocenters. The second-order valence-corrected chi connectivity index (χ2v) is 3.84. The van der Waals surface area contributed by atoms with Gasteiger partial charge in [0.15, 0.2) is 0 Å². The van der Waals surface area contributed by atoms with E-state index in [4.69, 9.17) is 9.84 Å². The molecule has 0 radical (unpaired) electrons. The van der Waals surface area contributed by atoms with Gasteiger partial charge in [0.1, 0.15) is 6.04 Å². The van der Waals surface area contributed by atoms with Crippen LogP contribution in [0.1, 0.15) is 40.0 Å². The van der Waals surface area contributed by atoms with Gasteiger partial charge < -0.3 is 15.2 Å².